The standard InChI is InChI=1S/C16H19ClN2O2/c1-2-18-11-12-19(10-9-16(18)21)15(20)8-7-13-5-3-4-6-14(13)17/h3-8H,2,9-12H2,1H3. The maximum absolute atomic E-state index is 12.2. The number of carbonyl (C=O) groups excluding carboxylic acids is 2. The Morgan fingerprint density at radius 3 is 2.76 bits per heavy atom. The van der Waals surface area contributed by atoms with Crippen molar-refractivity contribution in [2.75, 3.05) is 26.2 Å². The van der Waals surface area contributed by atoms with Crippen LogP contribution >= 0.6 is 11.6 Å². The van der Waals surface area contributed by atoms with Crippen molar-refractivity contribution in [3.8, 4) is 0 Å². The molecule has 0 unspecified atom stereocenters. The fraction of sp³-hybridized carbons (Fsp3) is 0.375. The van der Waals surface area contributed by atoms with E-state index in [1.54, 1.807) is 21.9 Å². The third-order valence-corrected chi connectivity index (χ3v) is 3.94. The summed E-state index contributed by atoms with van der Waals surface area (Å²) in [6.45, 7) is 4.29. The first-order valence-corrected chi connectivity index (χ1v) is 7.49. The molecule has 1 aromatic carbocycles. The topological polar surface area (TPSA) is 40.6 Å². The Hall–Kier alpha value is -1.81. The van der Waals surface area contributed by atoms with Crippen molar-refractivity contribution in [1.29, 1.82) is 0 Å². The van der Waals surface area contributed by atoms with Crippen LogP contribution in [0.15, 0.2) is 30.3 Å². The van der Waals surface area contributed by atoms with E-state index in [2.05, 4.69) is 0 Å². The summed E-state index contributed by atoms with van der Waals surface area (Å²) in [6, 6.07) is 7.37. The molecule has 1 heterocycles. The smallest absolute Gasteiger partial charge is 0.246 e. The predicted octanol–water partition coefficient (Wildman–Crippen LogP) is 2.43. The van der Waals surface area contributed by atoms with Gasteiger partial charge in [0.1, 0.15) is 0 Å². The lowest BCUT2D eigenvalue weighted by atomic mass is 10.2. The van der Waals surface area contributed by atoms with E-state index in [1.807, 2.05) is 25.1 Å². The van der Waals surface area contributed by atoms with Gasteiger partial charge in [-0.25, -0.2) is 0 Å². The summed E-state index contributed by atoms with van der Waals surface area (Å²) in [5.41, 5.74) is 0.814. The van der Waals surface area contributed by atoms with Crippen LogP contribution in [-0.4, -0.2) is 47.8 Å². The number of carbonyl (C=O) groups is 2. The third-order valence-electron chi connectivity index (χ3n) is 3.59. The Kier molecular flexibility index (Phi) is 5.39. The van der Waals surface area contributed by atoms with E-state index in [1.165, 1.54) is 6.08 Å². The molecule has 1 saturated heterocycles. The monoisotopic (exact) mass is 306 g/mol. The van der Waals surface area contributed by atoms with E-state index >= 15 is 0 Å². The largest absolute Gasteiger partial charge is 0.341 e. The van der Waals surface area contributed by atoms with E-state index in [0.29, 0.717) is 37.6 Å². The molecule has 0 radical (unpaired) electrons. The van der Waals surface area contributed by atoms with Crippen LogP contribution in [0.2, 0.25) is 5.02 Å². The number of hydrogen-bond acceptors (Lipinski definition) is 2. The minimum atomic E-state index is -0.0827. The lowest BCUT2D eigenvalue weighted by Crippen LogP contribution is -2.35. The highest BCUT2D eigenvalue weighted by Gasteiger charge is 2.21. The SMILES string of the molecule is CCN1CCN(C(=O)C=Cc2ccccc2Cl)CCC1=O. The molecule has 0 N–H and O–H groups in total. The van der Waals surface area contributed by atoms with E-state index in [9.17, 15) is 9.59 Å². The average Bonchev–Trinajstić information content (AvgIpc) is 2.68. The number of nitrogens with zero attached hydrogens (tertiary/aromatic N) is 2. The van der Waals surface area contributed by atoms with E-state index in [4.69, 9.17) is 11.6 Å². The molecule has 1 aliphatic heterocycles. The van der Waals surface area contributed by atoms with Gasteiger partial charge < -0.3 is 9.80 Å². The fourth-order valence-electron chi connectivity index (χ4n) is 2.30. The van der Waals surface area contributed by atoms with Crippen molar-refractivity contribution in [2.45, 2.75) is 13.3 Å². The zero-order valence-electron chi connectivity index (χ0n) is 12.1. The number of amides is 2. The molecule has 21 heavy (non-hydrogen) atoms. The lowest BCUT2D eigenvalue weighted by molar-refractivity contribution is -0.130. The van der Waals surface area contributed by atoms with Gasteiger partial charge in [0.25, 0.3) is 0 Å². The maximum Gasteiger partial charge on any atom is 0.246 e. The van der Waals surface area contributed by atoms with Gasteiger partial charge in [0.05, 0.1) is 0 Å². The number of benzene rings is 1. The summed E-state index contributed by atoms with van der Waals surface area (Å²) in [4.78, 5) is 27.5. The zero-order chi connectivity index (χ0) is 15.2. The molecular formula is C16H19ClN2O2. The van der Waals surface area contributed by atoms with Crippen molar-refractivity contribution < 1.29 is 9.59 Å². The summed E-state index contributed by atoms with van der Waals surface area (Å²) in [5.74, 6) is 0.0311. The molecule has 5 heteroatoms. The van der Waals surface area contributed by atoms with Crippen molar-refractivity contribution in [3.05, 3.63) is 40.9 Å². The number of halogens is 1. The highest BCUT2D eigenvalue weighted by atomic mass is 35.5. The highest BCUT2D eigenvalue weighted by molar-refractivity contribution is 6.32. The Bertz CT molecular complexity index is 557. The van der Waals surface area contributed by atoms with Crippen LogP contribution in [0.3, 0.4) is 0 Å². The molecule has 0 aromatic heterocycles. The molecule has 1 fully saturated rings. The van der Waals surface area contributed by atoms with Crippen LogP contribution in [0.1, 0.15) is 18.9 Å². The Morgan fingerprint density at radius 1 is 1.29 bits per heavy atom. The molecule has 2 amide bonds. The second-order valence-corrected chi connectivity index (χ2v) is 5.31. The van der Waals surface area contributed by atoms with Gasteiger partial charge >= 0.3 is 0 Å². The van der Waals surface area contributed by atoms with Crippen LogP contribution in [-0.2, 0) is 9.59 Å². The van der Waals surface area contributed by atoms with Crippen molar-refractivity contribution >= 4 is 29.5 Å². The molecule has 0 spiro atoms. The molecule has 1 aromatic rings. The van der Waals surface area contributed by atoms with E-state index in [0.717, 1.165) is 5.56 Å². The van der Waals surface area contributed by atoms with E-state index in [-0.39, 0.29) is 11.8 Å². The number of hydrogen-bond donors (Lipinski definition) is 0. The number of likely N-dealkylation sites (N-methyl/N-ethyl adjacent to an activating group) is 1. The normalized spacial score (nSPS) is 16.4. The van der Waals surface area contributed by atoms with Gasteiger partial charge in [-0.1, -0.05) is 29.8 Å². The minimum Gasteiger partial charge on any atom is -0.341 e. The molecule has 112 valence electrons. The minimum absolute atomic E-state index is 0.0827. The molecule has 1 aliphatic rings. The van der Waals surface area contributed by atoms with Crippen LogP contribution in [0.25, 0.3) is 6.08 Å². The first kappa shape index (κ1) is 15.6. The molecule has 2 rings (SSSR count). The van der Waals surface area contributed by atoms with Gasteiger partial charge in [0.2, 0.25) is 11.8 Å². The van der Waals surface area contributed by atoms with Crippen molar-refractivity contribution in [2.24, 2.45) is 0 Å². The molecular weight excluding hydrogens is 288 g/mol. The Labute approximate surface area is 130 Å². The van der Waals surface area contributed by atoms with Crippen molar-refractivity contribution in [1.82, 2.24) is 9.80 Å². The Morgan fingerprint density at radius 2 is 2.05 bits per heavy atom. The van der Waals surface area contributed by atoms with Gasteiger partial charge in [0, 0.05) is 43.7 Å². The summed E-state index contributed by atoms with van der Waals surface area (Å²) < 4.78 is 0. The molecule has 0 atom stereocenters. The summed E-state index contributed by atoms with van der Waals surface area (Å²) in [6.07, 6.45) is 3.63. The molecule has 0 bridgehead atoms. The second-order valence-electron chi connectivity index (χ2n) is 4.90. The first-order valence-electron chi connectivity index (χ1n) is 7.11. The lowest BCUT2D eigenvalue weighted by Gasteiger charge is -2.20. The fourth-order valence-corrected chi connectivity index (χ4v) is 2.50. The van der Waals surface area contributed by atoms with Gasteiger partial charge in [0.15, 0.2) is 0 Å². The predicted molar refractivity (Wildman–Crippen MR) is 83.9 cm³/mol. The second kappa shape index (κ2) is 7.27. The maximum atomic E-state index is 12.2. The average molecular weight is 307 g/mol. The zero-order valence-corrected chi connectivity index (χ0v) is 12.8. The highest BCUT2D eigenvalue weighted by Crippen LogP contribution is 2.16. The molecule has 0 aliphatic carbocycles. The van der Waals surface area contributed by atoms with Crippen LogP contribution < -0.4 is 0 Å². The van der Waals surface area contributed by atoms with Gasteiger partial charge in [-0.15, -0.1) is 0 Å². The van der Waals surface area contributed by atoms with Gasteiger partial charge in [-0.2, -0.15) is 0 Å². The van der Waals surface area contributed by atoms with Crippen molar-refractivity contribution in [3.63, 3.8) is 0 Å². The van der Waals surface area contributed by atoms with E-state index < -0.39 is 0 Å². The van der Waals surface area contributed by atoms with Gasteiger partial charge in [-0.05, 0) is 24.6 Å². The summed E-state index contributed by atoms with van der Waals surface area (Å²) >= 11 is 6.05. The van der Waals surface area contributed by atoms with Crippen LogP contribution in [0.5, 0.6) is 0 Å². The first-order chi connectivity index (χ1) is 10.1. The Balaban J connectivity index is 2.00. The van der Waals surface area contributed by atoms with Gasteiger partial charge in [-0.3, -0.25) is 9.59 Å². The quantitative estimate of drug-likeness (QED) is 0.805. The summed E-state index contributed by atoms with van der Waals surface area (Å²) in [7, 11) is 0. The van der Waals surface area contributed by atoms with Crippen LogP contribution in [0.4, 0.5) is 0 Å². The van der Waals surface area contributed by atoms with Crippen LogP contribution in [0, 0.1) is 0 Å². The third kappa shape index (κ3) is 4.08. The summed E-state index contributed by atoms with van der Waals surface area (Å²) in [5, 5.41) is 0.616. The molecule has 4 nitrogen and oxygen atoms in total. The molecule has 0 saturated carbocycles. The number of rotatable bonds is 3.